The molecule has 0 amide bonds. The highest BCUT2D eigenvalue weighted by Crippen LogP contribution is 2.60. The van der Waals surface area contributed by atoms with Crippen molar-refractivity contribution in [2.24, 2.45) is 0 Å². The van der Waals surface area contributed by atoms with Crippen LogP contribution >= 0.6 is 0 Å². The van der Waals surface area contributed by atoms with Crippen molar-refractivity contribution in [3.05, 3.63) is 222 Å². The number of nitrogens with zero attached hydrogens (tertiary/aromatic N) is 3. The van der Waals surface area contributed by atoms with Gasteiger partial charge in [0.2, 0.25) is 0 Å². The lowest BCUT2D eigenvalue weighted by molar-refractivity contribution is 0.767. The second-order valence-electron chi connectivity index (χ2n) is 14.4. The van der Waals surface area contributed by atoms with Gasteiger partial charge in [-0.05, 0) is 84.6 Å². The van der Waals surface area contributed by atoms with Crippen molar-refractivity contribution in [3.63, 3.8) is 0 Å². The van der Waals surface area contributed by atoms with Gasteiger partial charge in [0.1, 0.15) is 0 Å². The highest BCUT2D eigenvalue weighted by atomic mass is 14.9. The Labute approximate surface area is 320 Å². The monoisotopic (exact) mass is 699 g/mol. The molecule has 2 aliphatic rings. The van der Waals surface area contributed by atoms with Crippen LogP contribution in [0.5, 0.6) is 0 Å². The predicted octanol–water partition coefficient (Wildman–Crippen LogP) is 12.5. The van der Waals surface area contributed by atoms with Crippen LogP contribution < -0.4 is 0 Å². The summed E-state index contributed by atoms with van der Waals surface area (Å²) >= 11 is 0. The van der Waals surface area contributed by atoms with Gasteiger partial charge in [0.15, 0.2) is 5.82 Å². The summed E-state index contributed by atoms with van der Waals surface area (Å²) in [5, 5.41) is 2.52. The average Bonchev–Trinajstić information content (AvgIpc) is 3.48. The Balaban J connectivity index is 1.16. The Morgan fingerprint density at radius 3 is 1.91 bits per heavy atom. The Hall–Kier alpha value is -7.23. The zero-order chi connectivity index (χ0) is 36.3. The number of pyridine rings is 1. The Bertz CT molecular complexity index is 2970. The molecule has 1 atom stereocenters. The van der Waals surface area contributed by atoms with Gasteiger partial charge in [-0.25, -0.2) is 9.97 Å². The molecule has 1 unspecified atom stereocenters. The molecule has 0 bridgehead atoms. The van der Waals surface area contributed by atoms with E-state index < -0.39 is 5.41 Å². The first-order valence-electron chi connectivity index (χ1n) is 18.8. The van der Waals surface area contributed by atoms with Crippen LogP contribution in [0.1, 0.15) is 33.4 Å². The molecule has 2 heterocycles. The molecule has 11 rings (SSSR count). The fraction of sp³-hybridized carbons (Fsp3) is 0.0192. The first-order valence-corrected chi connectivity index (χ1v) is 18.8. The molecular weight excluding hydrogens is 667 g/mol. The molecule has 9 aromatic rings. The van der Waals surface area contributed by atoms with Gasteiger partial charge >= 0.3 is 0 Å². The third-order valence-electron chi connectivity index (χ3n) is 11.4. The van der Waals surface area contributed by atoms with Crippen molar-refractivity contribution in [3.8, 4) is 56.2 Å². The number of hydrogen-bond acceptors (Lipinski definition) is 3. The molecule has 0 radical (unpaired) electrons. The molecule has 0 fully saturated rings. The van der Waals surface area contributed by atoms with Gasteiger partial charge < -0.3 is 0 Å². The van der Waals surface area contributed by atoms with Crippen LogP contribution in [0.3, 0.4) is 0 Å². The lowest BCUT2D eigenvalue weighted by Gasteiger charge is -2.35. The third-order valence-corrected chi connectivity index (χ3v) is 11.4. The van der Waals surface area contributed by atoms with Crippen molar-refractivity contribution in [2.75, 3.05) is 0 Å². The van der Waals surface area contributed by atoms with Crippen molar-refractivity contribution < 1.29 is 0 Å². The van der Waals surface area contributed by atoms with Crippen LogP contribution in [0, 0.1) is 0 Å². The molecule has 55 heavy (non-hydrogen) atoms. The van der Waals surface area contributed by atoms with E-state index in [1.54, 1.807) is 6.20 Å². The van der Waals surface area contributed by atoms with E-state index in [1.807, 2.05) is 18.3 Å². The summed E-state index contributed by atoms with van der Waals surface area (Å²) in [6.45, 7) is 0. The highest BCUT2D eigenvalue weighted by Gasteiger charge is 2.49. The van der Waals surface area contributed by atoms with Crippen LogP contribution in [0.2, 0.25) is 0 Å². The average molecular weight is 700 g/mol. The first kappa shape index (κ1) is 31.3. The molecule has 0 N–H and O–H groups in total. The van der Waals surface area contributed by atoms with Gasteiger partial charge in [-0.2, -0.15) is 0 Å². The Kier molecular flexibility index (Phi) is 7.08. The number of aromatic nitrogens is 3. The fourth-order valence-electron chi connectivity index (χ4n) is 8.95. The molecule has 2 aromatic heterocycles. The molecular formula is C52H33N3. The summed E-state index contributed by atoms with van der Waals surface area (Å²) in [6.07, 6.45) is 8.27. The van der Waals surface area contributed by atoms with Crippen molar-refractivity contribution >= 4 is 22.9 Å². The van der Waals surface area contributed by atoms with E-state index in [1.165, 1.54) is 55.3 Å². The summed E-state index contributed by atoms with van der Waals surface area (Å²) in [7, 11) is 0. The van der Waals surface area contributed by atoms with Gasteiger partial charge in [-0.3, -0.25) is 4.98 Å². The van der Waals surface area contributed by atoms with Gasteiger partial charge in [-0.1, -0.05) is 170 Å². The van der Waals surface area contributed by atoms with E-state index >= 15 is 0 Å². The topological polar surface area (TPSA) is 38.7 Å². The van der Waals surface area contributed by atoms with E-state index in [-0.39, 0.29) is 0 Å². The normalized spacial score (nSPS) is 14.9. The Morgan fingerprint density at radius 2 is 1.07 bits per heavy atom. The molecule has 256 valence electrons. The molecule has 0 saturated heterocycles. The summed E-state index contributed by atoms with van der Waals surface area (Å²) in [5.41, 5.74) is 16.6. The van der Waals surface area contributed by atoms with E-state index in [2.05, 4.69) is 181 Å². The summed E-state index contributed by atoms with van der Waals surface area (Å²) < 4.78 is 0. The number of rotatable bonds is 4. The zero-order valence-corrected chi connectivity index (χ0v) is 29.9. The molecule has 0 saturated carbocycles. The summed E-state index contributed by atoms with van der Waals surface area (Å²) in [4.78, 5) is 14.8. The second kappa shape index (κ2) is 12.4. The molecule has 2 aliphatic carbocycles. The minimum absolute atomic E-state index is 0.554. The summed E-state index contributed by atoms with van der Waals surface area (Å²) in [6, 6.07) is 63.4. The van der Waals surface area contributed by atoms with Crippen molar-refractivity contribution in [1.82, 2.24) is 15.0 Å². The van der Waals surface area contributed by atoms with Crippen LogP contribution in [0.15, 0.2) is 188 Å². The number of fused-ring (bicyclic) bond motifs is 11. The molecule has 7 aromatic carbocycles. The highest BCUT2D eigenvalue weighted by molar-refractivity contribution is 6.05. The Morgan fingerprint density at radius 1 is 0.400 bits per heavy atom. The largest absolute Gasteiger partial charge is 0.264 e. The first-order chi connectivity index (χ1) is 27.3. The number of benzene rings is 7. The van der Waals surface area contributed by atoms with Gasteiger partial charge in [0, 0.05) is 29.1 Å². The third kappa shape index (κ3) is 4.87. The lowest BCUT2D eigenvalue weighted by atomic mass is 9.65. The van der Waals surface area contributed by atoms with Gasteiger partial charge in [0.25, 0.3) is 0 Å². The van der Waals surface area contributed by atoms with Crippen molar-refractivity contribution in [2.45, 2.75) is 5.41 Å². The van der Waals surface area contributed by atoms with Gasteiger partial charge in [-0.15, -0.1) is 0 Å². The second-order valence-corrected chi connectivity index (χ2v) is 14.4. The maximum absolute atomic E-state index is 5.32. The van der Waals surface area contributed by atoms with E-state index in [4.69, 9.17) is 9.97 Å². The van der Waals surface area contributed by atoms with Crippen LogP contribution in [0.25, 0.3) is 79.1 Å². The van der Waals surface area contributed by atoms with E-state index in [0.717, 1.165) is 39.2 Å². The maximum atomic E-state index is 5.32. The van der Waals surface area contributed by atoms with Gasteiger partial charge in [0.05, 0.1) is 16.8 Å². The molecule has 3 nitrogen and oxygen atoms in total. The van der Waals surface area contributed by atoms with Crippen LogP contribution in [-0.4, -0.2) is 15.0 Å². The van der Waals surface area contributed by atoms with Crippen LogP contribution in [-0.2, 0) is 5.41 Å². The maximum Gasteiger partial charge on any atom is 0.160 e. The van der Waals surface area contributed by atoms with Crippen molar-refractivity contribution in [1.29, 1.82) is 0 Å². The number of hydrogen-bond donors (Lipinski definition) is 0. The SMILES string of the molecule is C1=Cc2ccc(-c3cc(-c4ccccc4)nc(-c4ccc(-c5cccnc5)cc4)n3)cc2C2(c3ccccc31)c1ccccc1-c1c2ccc2ccccc12. The van der Waals surface area contributed by atoms with E-state index in [9.17, 15) is 0 Å². The standard InChI is InChI=1S/C52H33N3/c1-2-13-38(14-3-1)48-32-49(55-51(54-48)39-25-20-34(21-26-39)41-15-10-30-53-33-41)40-27-24-37-23-22-36-12-5-8-18-44(36)52(47(37)31-40)45-19-9-7-17-43(45)50-42-16-6-4-11-35(42)28-29-46(50)52/h1-33H. The smallest absolute Gasteiger partial charge is 0.160 e. The quantitative estimate of drug-likeness (QED) is 0.184. The lowest BCUT2D eigenvalue weighted by Crippen LogP contribution is -2.30. The molecule has 1 spiro atoms. The van der Waals surface area contributed by atoms with Crippen LogP contribution in [0.4, 0.5) is 0 Å². The molecule has 3 heteroatoms. The fourth-order valence-corrected chi connectivity index (χ4v) is 8.95. The zero-order valence-electron chi connectivity index (χ0n) is 29.9. The molecule has 0 aliphatic heterocycles. The minimum Gasteiger partial charge on any atom is -0.264 e. The van der Waals surface area contributed by atoms with E-state index in [0.29, 0.717) is 5.82 Å². The summed E-state index contributed by atoms with van der Waals surface area (Å²) in [5.74, 6) is 0.687. The predicted molar refractivity (Wildman–Crippen MR) is 225 cm³/mol. The minimum atomic E-state index is -0.554.